The zero-order valence-corrected chi connectivity index (χ0v) is 30.4. The molecule has 9 aromatic rings. The molecule has 0 aliphatic rings. The molecule has 0 saturated heterocycles. The van der Waals surface area contributed by atoms with Crippen LogP contribution in [0.3, 0.4) is 0 Å². The first kappa shape index (κ1) is 34.6. The van der Waals surface area contributed by atoms with Crippen LogP contribution in [0.1, 0.15) is 0 Å². The average Bonchev–Trinajstić information content (AvgIpc) is 3.30. The van der Waals surface area contributed by atoms with Gasteiger partial charge in [0.05, 0.1) is 12.1 Å². The van der Waals surface area contributed by atoms with Gasteiger partial charge in [0.1, 0.15) is 11.5 Å². The lowest BCUT2D eigenvalue weighted by Crippen LogP contribution is -2.01. The molecule has 0 N–H and O–H groups in total. The van der Waals surface area contributed by atoms with Gasteiger partial charge in [0.2, 0.25) is 0 Å². The van der Waals surface area contributed by atoms with E-state index in [1.807, 2.05) is 188 Å². The topological polar surface area (TPSA) is 90.9 Å². The molecule has 0 bridgehead atoms. The van der Waals surface area contributed by atoms with Gasteiger partial charge in [-0.15, -0.1) is 0 Å². The van der Waals surface area contributed by atoms with E-state index in [1.165, 1.54) is 0 Å². The van der Waals surface area contributed by atoms with Gasteiger partial charge < -0.3 is 4.74 Å². The highest BCUT2D eigenvalue weighted by Crippen LogP contribution is 2.35. The van der Waals surface area contributed by atoms with Crippen molar-refractivity contribution in [1.29, 1.82) is 0 Å². The van der Waals surface area contributed by atoms with Gasteiger partial charge >= 0.3 is 0 Å². The maximum Gasteiger partial charge on any atom is 0.187 e. The number of benzene rings is 7. The summed E-state index contributed by atoms with van der Waals surface area (Å²) in [5, 5.41) is 0. The molecule has 0 unspecified atom stereocenters. The van der Waals surface area contributed by atoms with Crippen LogP contribution in [0, 0.1) is 6.57 Å². The fourth-order valence-electron chi connectivity index (χ4n) is 6.36. The van der Waals surface area contributed by atoms with E-state index >= 15 is 0 Å². The molecule has 0 spiro atoms. The molecule has 8 heteroatoms. The summed E-state index contributed by atoms with van der Waals surface area (Å²) in [6, 6.07) is 60.8. The Morgan fingerprint density at radius 1 is 0.316 bits per heavy atom. The molecule has 268 valence electrons. The molecule has 0 amide bonds. The van der Waals surface area contributed by atoms with Gasteiger partial charge in [-0.2, -0.15) is 0 Å². The van der Waals surface area contributed by atoms with Gasteiger partial charge in [-0.1, -0.05) is 152 Å². The molecule has 0 fully saturated rings. The van der Waals surface area contributed by atoms with Crippen molar-refractivity contribution in [3.8, 4) is 91.0 Å². The van der Waals surface area contributed by atoms with E-state index in [2.05, 4.69) is 4.85 Å². The van der Waals surface area contributed by atoms with Crippen molar-refractivity contribution in [1.82, 2.24) is 29.9 Å². The van der Waals surface area contributed by atoms with Crippen molar-refractivity contribution < 1.29 is 4.74 Å². The highest BCUT2D eigenvalue weighted by molar-refractivity contribution is 5.73. The van der Waals surface area contributed by atoms with Crippen molar-refractivity contribution in [2.75, 3.05) is 0 Å². The largest absolute Gasteiger partial charge is 0.457 e. The minimum absolute atomic E-state index is 0.483. The van der Waals surface area contributed by atoms with Crippen LogP contribution in [0.25, 0.3) is 84.3 Å². The van der Waals surface area contributed by atoms with E-state index in [0.717, 1.165) is 44.5 Å². The van der Waals surface area contributed by atoms with Gasteiger partial charge in [0, 0.05) is 27.8 Å². The van der Waals surface area contributed by atoms with Gasteiger partial charge in [-0.05, 0) is 47.5 Å². The molecule has 57 heavy (non-hydrogen) atoms. The second-order valence-electron chi connectivity index (χ2n) is 13.1. The van der Waals surface area contributed by atoms with Crippen molar-refractivity contribution in [3.05, 3.63) is 199 Å². The van der Waals surface area contributed by atoms with Crippen molar-refractivity contribution in [2.24, 2.45) is 0 Å². The van der Waals surface area contributed by atoms with Crippen molar-refractivity contribution in [3.63, 3.8) is 0 Å². The molecule has 0 saturated carbocycles. The fraction of sp³-hybridized carbons (Fsp3) is 0. The van der Waals surface area contributed by atoms with Crippen molar-refractivity contribution >= 4 is 5.69 Å². The van der Waals surface area contributed by atoms with E-state index in [-0.39, 0.29) is 0 Å². The Morgan fingerprint density at radius 2 is 0.649 bits per heavy atom. The second kappa shape index (κ2) is 15.7. The van der Waals surface area contributed by atoms with E-state index in [9.17, 15) is 0 Å². The van der Waals surface area contributed by atoms with E-state index < -0.39 is 0 Å². The molecular weight excluding hydrogens is 703 g/mol. The number of aromatic nitrogens is 6. The first-order chi connectivity index (χ1) is 28.2. The van der Waals surface area contributed by atoms with Crippen LogP contribution in [0.2, 0.25) is 0 Å². The van der Waals surface area contributed by atoms with Crippen LogP contribution in [0.15, 0.2) is 188 Å². The van der Waals surface area contributed by atoms with Crippen LogP contribution in [-0.4, -0.2) is 29.9 Å². The highest BCUT2D eigenvalue weighted by Gasteiger charge is 2.17. The standard InChI is InChI=1S/C49H31N7O/c1-50-40-29-25-34(26-30-40)33-21-23-38(24-22-33)48-54-46(37-17-9-4-10-18-37)55-49(56-48)42-19-11-12-20-43(42)57-41-31-27-39(28-32-41)47-52-44(35-13-5-2-6-14-35)51-45(53-47)36-15-7-3-8-16-36/h2-32H. The minimum atomic E-state index is 0.483. The molecule has 0 aliphatic heterocycles. The Morgan fingerprint density at radius 3 is 1.09 bits per heavy atom. The number of para-hydroxylation sites is 1. The molecule has 0 atom stereocenters. The molecule has 0 aliphatic carbocycles. The van der Waals surface area contributed by atoms with E-state index in [0.29, 0.717) is 52.1 Å². The van der Waals surface area contributed by atoms with Gasteiger partial charge in [-0.3, -0.25) is 0 Å². The highest BCUT2D eigenvalue weighted by atomic mass is 16.5. The third-order valence-electron chi connectivity index (χ3n) is 9.31. The Balaban J connectivity index is 1.04. The van der Waals surface area contributed by atoms with Crippen LogP contribution < -0.4 is 4.74 Å². The van der Waals surface area contributed by atoms with Crippen LogP contribution in [0.4, 0.5) is 5.69 Å². The third kappa shape index (κ3) is 7.63. The molecular formula is C49H31N7O. The summed E-state index contributed by atoms with van der Waals surface area (Å²) in [6.07, 6.45) is 0. The van der Waals surface area contributed by atoms with E-state index in [4.69, 9.17) is 41.2 Å². The lowest BCUT2D eigenvalue weighted by molar-refractivity contribution is 0.484. The molecule has 2 aromatic heterocycles. The summed E-state index contributed by atoms with van der Waals surface area (Å²) in [4.78, 5) is 32.9. The smallest absolute Gasteiger partial charge is 0.187 e. The summed E-state index contributed by atoms with van der Waals surface area (Å²) in [5.74, 6) is 4.56. The molecule has 2 heterocycles. The average molecular weight is 734 g/mol. The number of nitrogens with zero attached hydrogens (tertiary/aromatic N) is 7. The van der Waals surface area contributed by atoms with Gasteiger partial charge in [0.15, 0.2) is 40.6 Å². The number of hydrogen-bond donors (Lipinski definition) is 0. The number of ether oxygens (including phenoxy) is 1. The second-order valence-corrected chi connectivity index (χ2v) is 13.1. The molecule has 0 radical (unpaired) electrons. The van der Waals surface area contributed by atoms with Crippen LogP contribution in [0.5, 0.6) is 11.5 Å². The Labute approximate surface area is 329 Å². The SMILES string of the molecule is [C-]#[N+]c1ccc(-c2ccc(-c3nc(-c4ccccc4)nc(-c4ccccc4Oc4ccc(-c5nc(-c6ccccc6)nc(-c6ccccc6)n5)cc4)n3)cc2)cc1. The normalized spacial score (nSPS) is 10.8. The summed E-state index contributed by atoms with van der Waals surface area (Å²) >= 11 is 0. The Kier molecular flexibility index (Phi) is 9.52. The predicted molar refractivity (Wildman–Crippen MR) is 224 cm³/mol. The Hall–Kier alpha value is -8.15. The summed E-state index contributed by atoms with van der Waals surface area (Å²) < 4.78 is 6.54. The lowest BCUT2D eigenvalue weighted by atomic mass is 10.0. The maximum absolute atomic E-state index is 7.26. The fourth-order valence-corrected chi connectivity index (χ4v) is 6.36. The number of hydrogen-bond acceptors (Lipinski definition) is 7. The quantitative estimate of drug-likeness (QED) is 0.136. The zero-order valence-electron chi connectivity index (χ0n) is 30.4. The monoisotopic (exact) mass is 733 g/mol. The first-order valence-corrected chi connectivity index (χ1v) is 18.3. The summed E-state index contributed by atoms with van der Waals surface area (Å²) in [5.41, 5.74) is 7.74. The lowest BCUT2D eigenvalue weighted by Gasteiger charge is -2.13. The number of rotatable bonds is 9. The summed E-state index contributed by atoms with van der Waals surface area (Å²) in [7, 11) is 0. The summed E-state index contributed by atoms with van der Waals surface area (Å²) in [6.45, 7) is 7.26. The van der Waals surface area contributed by atoms with Gasteiger partial charge in [-0.25, -0.2) is 34.7 Å². The maximum atomic E-state index is 7.26. The molecule has 7 aromatic carbocycles. The Bertz CT molecular complexity index is 2790. The van der Waals surface area contributed by atoms with Crippen LogP contribution >= 0.6 is 0 Å². The third-order valence-corrected chi connectivity index (χ3v) is 9.31. The predicted octanol–water partition coefficient (Wildman–Crippen LogP) is 12.1. The molecule has 8 nitrogen and oxygen atoms in total. The van der Waals surface area contributed by atoms with Gasteiger partial charge in [0.25, 0.3) is 0 Å². The zero-order chi connectivity index (χ0) is 38.4. The molecule has 9 rings (SSSR count). The van der Waals surface area contributed by atoms with Crippen molar-refractivity contribution in [2.45, 2.75) is 0 Å². The van der Waals surface area contributed by atoms with Crippen LogP contribution in [-0.2, 0) is 0 Å². The first-order valence-electron chi connectivity index (χ1n) is 18.3. The van der Waals surface area contributed by atoms with E-state index in [1.54, 1.807) is 0 Å². The minimum Gasteiger partial charge on any atom is -0.457 e.